The lowest BCUT2D eigenvalue weighted by molar-refractivity contribution is -0.121. The molecule has 0 spiro atoms. The Kier molecular flexibility index (Phi) is 4.43. The van der Waals surface area contributed by atoms with Crippen LogP contribution in [0.15, 0.2) is 54.6 Å². The normalized spacial score (nSPS) is 15.5. The second-order valence-corrected chi connectivity index (χ2v) is 7.50. The molecule has 2 heterocycles. The maximum Gasteiger partial charge on any atom is 0.256 e. The number of para-hydroxylation sites is 1. The van der Waals surface area contributed by atoms with Crippen LogP contribution in [-0.2, 0) is 22.4 Å². The number of aryl methyl sites for hydroxylation is 1. The monoisotopic (exact) mass is 400 g/mol. The second-order valence-electron chi connectivity index (χ2n) is 7.50. The number of hydrogen-bond donors (Lipinski definition) is 1. The molecule has 1 fully saturated rings. The molecule has 0 atom stereocenters. The quantitative estimate of drug-likeness (QED) is 0.682. The van der Waals surface area contributed by atoms with E-state index in [0.717, 1.165) is 41.1 Å². The highest BCUT2D eigenvalue weighted by Gasteiger charge is 2.31. The summed E-state index contributed by atoms with van der Waals surface area (Å²) in [5.74, 6) is -0.102. The van der Waals surface area contributed by atoms with E-state index in [1.807, 2.05) is 30.3 Å². The zero-order chi connectivity index (χ0) is 20.7. The maximum absolute atomic E-state index is 13.1. The number of rotatable bonds is 4. The molecule has 1 aromatic heterocycles. The average molecular weight is 400 g/mol. The number of benzene rings is 2. The van der Waals surface area contributed by atoms with E-state index >= 15 is 0 Å². The summed E-state index contributed by atoms with van der Waals surface area (Å²) in [5.41, 5.74) is 3.76. The van der Waals surface area contributed by atoms with Gasteiger partial charge in [-0.3, -0.25) is 19.3 Å². The van der Waals surface area contributed by atoms with Crippen molar-refractivity contribution in [2.24, 2.45) is 0 Å². The summed E-state index contributed by atoms with van der Waals surface area (Å²) in [6.07, 6.45) is 3.20. The van der Waals surface area contributed by atoms with E-state index in [0.29, 0.717) is 17.1 Å². The molecule has 2 aromatic carbocycles. The van der Waals surface area contributed by atoms with Crippen molar-refractivity contribution in [3.05, 3.63) is 71.4 Å². The largest absolute Gasteiger partial charge is 0.306 e. The fourth-order valence-electron chi connectivity index (χ4n) is 4.11. The minimum Gasteiger partial charge on any atom is -0.306 e. The molecular formula is C23H20N4O3. The van der Waals surface area contributed by atoms with Crippen LogP contribution in [0.1, 0.15) is 40.9 Å². The number of anilines is 2. The standard InChI is InChI=1S/C23H20N4O3/c28-20-12-13-21(29)26(20)17-9-4-6-15(14-17)23(30)24-22-18-10-5-11-19(18)25-27(22)16-7-2-1-3-8-16/h1-4,6-9,14H,5,10-13H2,(H,24,30). The van der Waals surface area contributed by atoms with E-state index in [1.54, 1.807) is 28.9 Å². The Labute approximate surface area is 173 Å². The number of hydrogen-bond acceptors (Lipinski definition) is 4. The summed E-state index contributed by atoms with van der Waals surface area (Å²) in [6.45, 7) is 0. The SMILES string of the molecule is O=C(Nc1c2c(nn1-c1ccccc1)CCC2)c1cccc(N2C(=O)CCC2=O)c1. The molecule has 3 amide bonds. The lowest BCUT2D eigenvalue weighted by Crippen LogP contribution is -2.28. The molecule has 1 aliphatic carbocycles. The van der Waals surface area contributed by atoms with Gasteiger partial charge in [-0.15, -0.1) is 0 Å². The topological polar surface area (TPSA) is 84.3 Å². The van der Waals surface area contributed by atoms with Gasteiger partial charge in [0.2, 0.25) is 11.8 Å². The first kappa shape index (κ1) is 18.3. The van der Waals surface area contributed by atoms with Crippen molar-refractivity contribution in [1.29, 1.82) is 0 Å². The minimum absolute atomic E-state index is 0.206. The number of imide groups is 1. The van der Waals surface area contributed by atoms with Crippen molar-refractivity contribution >= 4 is 29.2 Å². The van der Waals surface area contributed by atoms with Gasteiger partial charge >= 0.3 is 0 Å². The Morgan fingerprint density at radius 2 is 1.60 bits per heavy atom. The van der Waals surface area contributed by atoms with Crippen LogP contribution < -0.4 is 10.2 Å². The van der Waals surface area contributed by atoms with Crippen molar-refractivity contribution in [1.82, 2.24) is 9.78 Å². The van der Waals surface area contributed by atoms with E-state index in [-0.39, 0.29) is 30.6 Å². The maximum atomic E-state index is 13.1. The zero-order valence-corrected chi connectivity index (χ0v) is 16.3. The van der Waals surface area contributed by atoms with Gasteiger partial charge in [-0.05, 0) is 49.6 Å². The smallest absolute Gasteiger partial charge is 0.256 e. The molecule has 7 heteroatoms. The van der Waals surface area contributed by atoms with E-state index in [4.69, 9.17) is 5.10 Å². The van der Waals surface area contributed by atoms with Crippen LogP contribution in [0.5, 0.6) is 0 Å². The molecular weight excluding hydrogens is 380 g/mol. The van der Waals surface area contributed by atoms with Crippen molar-refractivity contribution < 1.29 is 14.4 Å². The van der Waals surface area contributed by atoms with Gasteiger partial charge in [0.05, 0.1) is 17.1 Å². The summed E-state index contributed by atoms with van der Waals surface area (Å²) < 4.78 is 1.78. The molecule has 30 heavy (non-hydrogen) atoms. The summed E-state index contributed by atoms with van der Waals surface area (Å²) in [7, 11) is 0. The summed E-state index contributed by atoms with van der Waals surface area (Å²) in [4.78, 5) is 38.3. The first-order valence-corrected chi connectivity index (χ1v) is 10.1. The molecule has 0 radical (unpaired) electrons. The predicted molar refractivity (Wildman–Crippen MR) is 112 cm³/mol. The highest BCUT2D eigenvalue weighted by molar-refractivity contribution is 6.20. The molecule has 1 aliphatic heterocycles. The van der Waals surface area contributed by atoms with Gasteiger partial charge in [0.25, 0.3) is 5.91 Å². The molecule has 0 saturated carbocycles. The van der Waals surface area contributed by atoms with Crippen molar-refractivity contribution in [2.75, 3.05) is 10.2 Å². The summed E-state index contributed by atoms with van der Waals surface area (Å²) in [6, 6.07) is 16.3. The first-order valence-electron chi connectivity index (χ1n) is 10.1. The van der Waals surface area contributed by atoms with E-state index in [9.17, 15) is 14.4 Å². The zero-order valence-electron chi connectivity index (χ0n) is 16.3. The highest BCUT2D eigenvalue weighted by atomic mass is 16.2. The highest BCUT2D eigenvalue weighted by Crippen LogP contribution is 2.31. The number of amides is 3. The van der Waals surface area contributed by atoms with Gasteiger partial charge in [0.15, 0.2) is 0 Å². The number of carbonyl (C=O) groups is 3. The summed E-state index contributed by atoms with van der Waals surface area (Å²) in [5, 5.41) is 7.73. The molecule has 5 rings (SSSR count). The Bertz CT molecular complexity index is 1150. The lowest BCUT2D eigenvalue weighted by Gasteiger charge is -2.15. The third-order valence-electron chi connectivity index (χ3n) is 5.56. The Hall–Kier alpha value is -3.74. The van der Waals surface area contributed by atoms with E-state index in [1.165, 1.54) is 0 Å². The van der Waals surface area contributed by atoms with E-state index < -0.39 is 0 Å². The Balaban J connectivity index is 1.48. The molecule has 0 bridgehead atoms. The molecule has 3 aromatic rings. The first-order chi connectivity index (χ1) is 14.6. The Morgan fingerprint density at radius 3 is 2.37 bits per heavy atom. The fourth-order valence-corrected chi connectivity index (χ4v) is 4.11. The predicted octanol–water partition coefficient (Wildman–Crippen LogP) is 3.27. The van der Waals surface area contributed by atoms with Crippen LogP contribution in [0.25, 0.3) is 5.69 Å². The number of fused-ring (bicyclic) bond motifs is 1. The van der Waals surface area contributed by atoms with Crippen molar-refractivity contribution in [2.45, 2.75) is 32.1 Å². The van der Waals surface area contributed by atoms with Crippen LogP contribution in [0, 0.1) is 0 Å². The fraction of sp³-hybridized carbons (Fsp3) is 0.217. The molecule has 1 N–H and O–H groups in total. The lowest BCUT2D eigenvalue weighted by atomic mass is 10.1. The third kappa shape index (κ3) is 3.08. The van der Waals surface area contributed by atoms with Crippen LogP contribution in [0.4, 0.5) is 11.5 Å². The van der Waals surface area contributed by atoms with Crippen LogP contribution >= 0.6 is 0 Å². The Morgan fingerprint density at radius 1 is 0.867 bits per heavy atom. The molecule has 2 aliphatic rings. The number of carbonyl (C=O) groups excluding carboxylic acids is 3. The van der Waals surface area contributed by atoms with Gasteiger partial charge in [0.1, 0.15) is 5.82 Å². The molecule has 1 saturated heterocycles. The number of aromatic nitrogens is 2. The van der Waals surface area contributed by atoms with Crippen molar-refractivity contribution in [3.8, 4) is 5.69 Å². The third-order valence-corrected chi connectivity index (χ3v) is 5.56. The van der Waals surface area contributed by atoms with Crippen LogP contribution in [0.3, 0.4) is 0 Å². The number of nitrogens with zero attached hydrogens (tertiary/aromatic N) is 3. The van der Waals surface area contributed by atoms with Gasteiger partial charge in [-0.25, -0.2) is 4.68 Å². The molecule has 0 unspecified atom stereocenters. The van der Waals surface area contributed by atoms with Crippen LogP contribution in [-0.4, -0.2) is 27.5 Å². The number of nitrogens with one attached hydrogen (secondary N) is 1. The summed E-state index contributed by atoms with van der Waals surface area (Å²) >= 11 is 0. The minimum atomic E-state index is -0.303. The molecule has 150 valence electrons. The molecule has 7 nitrogen and oxygen atoms in total. The van der Waals surface area contributed by atoms with Gasteiger partial charge < -0.3 is 5.32 Å². The average Bonchev–Trinajstić information content (AvgIpc) is 3.45. The van der Waals surface area contributed by atoms with Gasteiger partial charge in [-0.1, -0.05) is 24.3 Å². The van der Waals surface area contributed by atoms with Gasteiger partial charge in [-0.2, -0.15) is 5.10 Å². The van der Waals surface area contributed by atoms with Gasteiger partial charge in [0, 0.05) is 24.0 Å². The van der Waals surface area contributed by atoms with Crippen molar-refractivity contribution in [3.63, 3.8) is 0 Å². The second kappa shape index (κ2) is 7.26. The van der Waals surface area contributed by atoms with E-state index in [2.05, 4.69) is 5.32 Å². The van der Waals surface area contributed by atoms with Crippen LogP contribution in [0.2, 0.25) is 0 Å².